The van der Waals surface area contributed by atoms with E-state index in [-0.39, 0.29) is 12.5 Å². The van der Waals surface area contributed by atoms with E-state index in [1.807, 2.05) is 24.3 Å². The Balaban J connectivity index is 2.15. The Labute approximate surface area is 119 Å². The third-order valence-electron chi connectivity index (χ3n) is 3.85. The second-order valence-corrected chi connectivity index (χ2v) is 5.23. The summed E-state index contributed by atoms with van der Waals surface area (Å²) in [6.07, 6.45) is 0.135. The van der Waals surface area contributed by atoms with Crippen molar-refractivity contribution in [1.82, 2.24) is 9.80 Å². The van der Waals surface area contributed by atoms with E-state index in [0.717, 1.165) is 37.5 Å². The third-order valence-corrected chi connectivity index (χ3v) is 3.85. The predicted octanol–water partition coefficient (Wildman–Crippen LogP) is 1.46. The summed E-state index contributed by atoms with van der Waals surface area (Å²) in [4.78, 5) is 15.7. The molecule has 1 atom stereocenters. The number of ether oxygens (including phenoxy) is 1. The summed E-state index contributed by atoms with van der Waals surface area (Å²) in [5.74, 6) is 0.0333. The summed E-state index contributed by atoms with van der Waals surface area (Å²) in [7, 11) is 3.72. The third kappa shape index (κ3) is 3.71. The van der Waals surface area contributed by atoms with E-state index in [9.17, 15) is 4.79 Å². The highest BCUT2D eigenvalue weighted by atomic mass is 16.5. The van der Waals surface area contributed by atoms with E-state index in [0.29, 0.717) is 0 Å². The molecule has 20 heavy (non-hydrogen) atoms. The first kappa shape index (κ1) is 14.8. The molecule has 1 aliphatic rings. The van der Waals surface area contributed by atoms with E-state index >= 15 is 0 Å². The molecule has 0 saturated carbocycles. The van der Waals surface area contributed by atoms with Crippen molar-refractivity contribution in [2.45, 2.75) is 12.5 Å². The number of piperazine rings is 1. The van der Waals surface area contributed by atoms with Crippen LogP contribution in [-0.4, -0.2) is 61.2 Å². The zero-order valence-electron chi connectivity index (χ0n) is 12.1. The normalized spacial score (nSPS) is 18.7. The minimum Gasteiger partial charge on any atom is -0.497 e. The van der Waals surface area contributed by atoms with Crippen molar-refractivity contribution in [3.63, 3.8) is 0 Å². The molecular formula is C15H22N2O3. The van der Waals surface area contributed by atoms with Crippen molar-refractivity contribution in [1.29, 1.82) is 0 Å². The molecular weight excluding hydrogens is 256 g/mol. The molecule has 5 nitrogen and oxygen atoms in total. The maximum Gasteiger partial charge on any atom is 0.305 e. The van der Waals surface area contributed by atoms with Crippen LogP contribution in [0.5, 0.6) is 5.75 Å². The summed E-state index contributed by atoms with van der Waals surface area (Å²) in [6, 6.07) is 7.64. The second-order valence-electron chi connectivity index (χ2n) is 5.23. The van der Waals surface area contributed by atoms with Crippen LogP contribution in [0.25, 0.3) is 0 Å². The van der Waals surface area contributed by atoms with Gasteiger partial charge in [0.2, 0.25) is 0 Å². The largest absolute Gasteiger partial charge is 0.497 e. The number of hydrogen-bond acceptors (Lipinski definition) is 4. The molecule has 1 aromatic rings. The molecule has 1 N–H and O–H groups in total. The number of carbonyl (C=O) groups is 1. The van der Waals surface area contributed by atoms with Crippen molar-refractivity contribution >= 4 is 5.97 Å². The van der Waals surface area contributed by atoms with Crippen molar-refractivity contribution in [3.05, 3.63) is 29.8 Å². The van der Waals surface area contributed by atoms with Gasteiger partial charge in [-0.15, -0.1) is 0 Å². The zero-order chi connectivity index (χ0) is 14.5. The van der Waals surface area contributed by atoms with E-state index in [2.05, 4.69) is 16.8 Å². The molecule has 0 aliphatic carbocycles. The highest BCUT2D eigenvalue weighted by Gasteiger charge is 2.25. The van der Waals surface area contributed by atoms with Crippen LogP contribution in [0.15, 0.2) is 24.3 Å². The number of nitrogens with zero attached hydrogens (tertiary/aromatic N) is 2. The average Bonchev–Trinajstić information content (AvgIpc) is 2.46. The molecule has 1 fully saturated rings. The lowest BCUT2D eigenvalue weighted by Gasteiger charge is -2.37. The minimum absolute atomic E-state index is 0.0629. The van der Waals surface area contributed by atoms with Gasteiger partial charge in [-0.2, -0.15) is 0 Å². The number of methoxy groups -OCH3 is 1. The van der Waals surface area contributed by atoms with Crippen LogP contribution in [0.4, 0.5) is 0 Å². The first-order valence-electron chi connectivity index (χ1n) is 6.88. The highest BCUT2D eigenvalue weighted by molar-refractivity contribution is 5.68. The van der Waals surface area contributed by atoms with Crippen LogP contribution in [0.2, 0.25) is 0 Å². The molecule has 2 rings (SSSR count). The topological polar surface area (TPSA) is 53.0 Å². The smallest absolute Gasteiger partial charge is 0.305 e. The number of carboxylic acid groups (broad SMARTS) is 1. The predicted molar refractivity (Wildman–Crippen MR) is 77.1 cm³/mol. The fourth-order valence-electron chi connectivity index (χ4n) is 2.58. The summed E-state index contributed by atoms with van der Waals surface area (Å²) >= 11 is 0. The van der Waals surface area contributed by atoms with E-state index in [4.69, 9.17) is 9.84 Å². The molecule has 5 heteroatoms. The van der Waals surface area contributed by atoms with Crippen LogP contribution in [0, 0.1) is 0 Å². The summed E-state index contributed by atoms with van der Waals surface area (Å²) in [5.41, 5.74) is 1.04. The van der Waals surface area contributed by atoms with Gasteiger partial charge in [-0.05, 0) is 24.7 Å². The number of hydrogen-bond donors (Lipinski definition) is 1. The van der Waals surface area contributed by atoms with Gasteiger partial charge in [0.1, 0.15) is 5.75 Å². The molecule has 0 bridgehead atoms. The highest BCUT2D eigenvalue weighted by Crippen LogP contribution is 2.27. The lowest BCUT2D eigenvalue weighted by molar-refractivity contribution is -0.138. The van der Waals surface area contributed by atoms with Gasteiger partial charge in [0.25, 0.3) is 0 Å². The maximum absolute atomic E-state index is 11.2. The Bertz CT molecular complexity index is 439. The zero-order valence-corrected chi connectivity index (χ0v) is 12.1. The van der Waals surface area contributed by atoms with Gasteiger partial charge in [0.05, 0.1) is 13.5 Å². The summed E-state index contributed by atoms with van der Waals surface area (Å²) in [5, 5.41) is 9.17. The Morgan fingerprint density at radius 2 is 1.85 bits per heavy atom. The van der Waals surface area contributed by atoms with Gasteiger partial charge in [-0.1, -0.05) is 12.1 Å². The van der Waals surface area contributed by atoms with Crippen LogP contribution in [-0.2, 0) is 4.79 Å². The molecule has 1 saturated heterocycles. The molecule has 0 amide bonds. The Kier molecular flexibility index (Phi) is 4.98. The van der Waals surface area contributed by atoms with Crippen LogP contribution < -0.4 is 4.74 Å². The quantitative estimate of drug-likeness (QED) is 0.883. The van der Waals surface area contributed by atoms with Gasteiger partial charge in [0, 0.05) is 32.2 Å². The molecule has 110 valence electrons. The fraction of sp³-hybridized carbons (Fsp3) is 0.533. The van der Waals surface area contributed by atoms with E-state index in [1.165, 1.54) is 0 Å². The Morgan fingerprint density at radius 1 is 1.25 bits per heavy atom. The SMILES string of the molecule is COc1ccc(C(CC(=O)O)N2CCN(C)CC2)cc1. The van der Waals surface area contributed by atoms with Gasteiger partial charge in [-0.25, -0.2) is 0 Å². The minimum atomic E-state index is -0.759. The fourth-order valence-corrected chi connectivity index (χ4v) is 2.58. The number of carboxylic acids is 1. The standard InChI is InChI=1S/C15H22N2O3/c1-16-7-9-17(10-8-16)14(11-15(18)19)12-3-5-13(20-2)6-4-12/h3-6,14H,7-11H2,1-2H3,(H,18,19). The van der Waals surface area contributed by atoms with Crippen molar-refractivity contribution < 1.29 is 14.6 Å². The lowest BCUT2D eigenvalue weighted by Crippen LogP contribution is -2.46. The average molecular weight is 278 g/mol. The van der Waals surface area contributed by atoms with Crippen molar-refractivity contribution in [2.24, 2.45) is 0 Å². The van der Waals surface area contributed by atoms with E-state index in [1.54, 1.807) is 7.11 Å². The molecule has 0 spiro atoms. The van der Waals surface area contributed by atoms with E-state index < -0.39 is 5.97 Å². The van der Waals surface area contributed by atoms with Crippen molar-refractivity contribution in [2.75, 3.05) is 40.3 Å². The van der Waals surface area contributed by atoms with Gasteiger partial charge in [-0.3, -0.25) is 9.69 Å². The molecule has 0 radical (unpaired) electrons. The van der Waals surface area contributed by atoms with Gasteiger partial charge >= 0.3 is 5.97 Å². The number of aliphatic carboxylic acids is 1. The van der Waals surface area contributed by atoms with Crippen LogP contribution in [0.1, 0.15) is 18.0 Å². The Morgan fingerprint density at radius 3 is 2.35 bits per heavy atom. The monoisotopic (exact) mass is 278 g/mol. The van der Waals surface area contributed by atoms with Crippen molar-refractivity contribution in [3.8, 4) is 5.75 Å². The lowest BCUT2D eigenvalue weighted by atomic mass is 10.0. The molecule has 1 heterocycles. The second kappa shape index (κ2) is 6.72. The maximum atomic E-state index is 11.2. The summed E-state index contributed by atoms with van der Waals surface area (Å²) in [6.45, 7) is 3.76. The van der Waals surface area contributed by atoms with Crippen LogP contribution >= 0.6 is 0 Å². The molecule has 1 aromatic carbocycles. The first-order chi connectivity index (χ1) is 9.60. The number of likely N-dealkylation sites (N-methyl/N-ethyl adjacent to an activating group) is 1. The summed E-state index contributed by atoms with van der Waals surface area (Å²) < 4.78 is 5.15. The molecule has 1 aliphatic heterocycles. The number of rotatable bonds is 5. The van der Waals surface area contributed by atoms with Crippen LogP contribution in [0.3, 0.4) is 0 Å². The molecule has 1 unspecified atom stereocenters. The van der Waals surface area contributed by atoms with Gasteiger partial charge < -0.3 is 14.7 Å². The number of benzene rings is 1. The first-order valence-corrected chi connectivity index (χ1v) is 6.88. The Hall–Kier alpha value is -1.59. The molecule has 0 aromatic heterocycles. The van der Waals surface area contributed by atoms with Gasteiger partial charge in [0.15, 0.2) is 0 Å².